The summed E-state index contributed by atoms with van der Waals surface area (Å²) in [5.74, 6) is -0.115. The zero-order chi connectivity index (χ0) is 20.6. The van der Waals surface area contributed by atoms with Gasteiger partial charge in [-0.2, -0.15) is 5.26 Å². The van der Waals surface area contributed by atoms with Gasteiger partial charge in [-0.25, -0.2) is 9.78 Å². The number of nitriles is 1. The Kier molecular flexibility index (Phi) is 5.10. The van der Waals surface area contributed by atoms with Crippen molar-refractivity contribution in [1.82, 2.24) is 4.98 Å². The van der Waals surface area contributed by atoms with Crippen molar-refractivity contribution < 1.29 is 9.90 Å². The monoisotopic (exact) mass is 410 g/mol. The molecular weight excluding hydrogens is 388 g/mol. The highest BCUT2D eigenvalue weighted by atomic mass is 35.5. The Balaban J connectivity index is 1.44. The van der Waals surface area contributed by atoms with Crippen molar-refractivity contribution in [2.75, 3.05) is 29.4 Å². The number of piperidine rings is 1. The lowest BCUT2D eigenvalue weighted by Crippen LogP contribution is -2.42. The molecular formula is C22H23ClN4O2. The van der Waals surface area contributed by atoms with E-state index in [0.717, 1.165) is 50.4 Å². The first-order valence-electron chi connectivity index (χ1n) is 9.81. The van der Waals surface area contributed by atoms with E-state index in [1.54, 1.807) is 18.2 Å². The van der Waals surface area contributed by atoms with Crippen molar-refractivity contribution in [1.29, 1.82) is 5.26 Å². The summed E-state index contributed by atoms with van der Waals surface area (Å²) in [6.45, 7) is 5.05. The van der Waals surface area contributed by atoms with E-state index in [-0.39, 0.29) is 11.0 Å². The van der Waals surface area contributed by atoms with Crippen molar-refractivity contribution in [2.24, 2.45) is 5.41 Å². The number of pyridine rings is 1. The van der Waals surface area contributed by atoms with E-state index >= 15 is 0 Å². The van der Waals surface area contributed by atoms with Crippen molar-refractivity contribution in [3.63, 3.8) is 0 Å². The number of aromatic carboxylic acids is 1. The van der Waals surface area contributed by atoms with Crippen LogP contribution in [0.15, 0.2) is 36.5 Å². The maximum absolute atomic E-state index is 11.0. The Morgan fingerprint density at radius 3 is 2.66 bits per heavy atom. The lowest BCUT2D eigenvalue weighted by atomic mass is 9.77. The lowest BCUT2D eigenvalue weighted by molar-refractivity contribution is 0.0696. The van der Waals surface area contributed by atoms with Gasteiger partial charge in [0, 0.05) is 37.6 Å². The first kappa shape index (κ1) is 19.5. The van der Waals surface area contributed by atoms with Crippen LogP contribution < -0.4 is 9.80 Å². The molecule has 0 bridgehead atoms. The third-order valence-electron chi connectivity index (χ3n) is 6.31. The first-order valence-corrected chi connectivity index (χ1v) is 10.2. The number of hydrogen-bond acceptors (Lipinski definition) is 5. The minimum atomic E-state index is -0.954. The molecule has 4 rings (SSSR count). The summed E-state index contributed by atoms with van der Waals surface area (Å²) in [4.78, 5) is 20.0. The Bertz CT molecular complexity index is 962. The molecule has 2 fully saturated rings. The Hall–Kier alpha value is -2.78. The van der Waals surface area contributed by atoms with Gasteiger partial charge < -0.3 is 14.9 Å². The molecule has 2 saturated heterocycles. The third-order valence-corrected chi connectivity index (χ3v) is 6.63. The highest BCUT2D eigenvalue weighted by Gasteiger charge is 2.44. The van der Waals surface area contributed by atoms with Crippen LogP contribution in [0.4, 0.5) is 11.5 Å². The molecule has 1 atom stereocenters. The molecule has 0 unspecified atom stereocenters. The van der Waals surface area contributed by atoms with Crippen LogP contribution in [0.5, 0.6) is 0 Å². The highest BCUT2D eigenvalue weighted by molar-refractivity contribution is 6.32. The number of nitrogens with zero attached hydrogens (tertiary/aromatic N) is 4. The molecule has 0 radical (unpaired) electrons. The van der Waals surface area contributed by atoms with Gasteiger partial charge in [-0.3, -0.25) is 0 Å². The van der Waals surface area contributed by atoms with E-state index in [2.05, 4.69) is 27.8 Å². The summed E-state index contributed by atoms with van der Waals surface area (Å²) in [5.41, 5.74) is 2.05. The van der Waals surface area contributed by atoms with Gasteiger partial charge >= 0.3 is 5.97 Å². The second kappa shape index (κ2) is 7.57. The van der Waals surface area contributed by atoms with Crippen molar-refractivity contribution in [3.05, 3.63) is 52.7 Å². The highest BCUT2D eigenvalue weighted by Crippen LogP contribution is 2.45. The smallest absolute Gasteiger partial charge is 0.337 e. The number of carboxylic acid groups (broad SMARTS) is 1. The molecule has 0 saturated carbocycles. The van der Waals surface area contributed by atoms with E-state index in [0.29, 0.717) is 16.6 Å². The number of benzene rings is 1. The molecule has 2 aliphatic heterocycles. The number of rotatable bonds is 3. The maximum atomic E-state index is 11.0. The molecule has 2 aliphatic rings. The summed E-state index contributed by atoms with van der Waals surface area (Å²) < 4.78 is 0. The number of hydrogen-bond donors (Lipinski definition) is 1. The molecule has 6 nitrogen and oxygen atoms in total. The summed E-state index contributed by atoms with van der Waals surface area (Å²) in [6.07, 6.45) is 4.69. The van der Waals surface area contributed by atoms with Gasteiger partial charge in [-0.15, -0.1) is 0 Å². The molecule has 150 valence electrons. The van der Waals surface area contributed by atoms with E-state index < -0.39 is 5.97 Å². The van der Waals surface area contributed by atoms with Gasteiger partial charge in [-0.05, 0) is 61.9 Å². The minimum absolute atomic E-state index is 0.212. The first-order chi connectivity index (χ1) is 13.9. The fourth-order valence-corrected chi connectivity index (χ4v) is 4.93. The minimum Gasteiger partial charge on any atom is -0.478 e. The Morgan fingerprint density at radius 1 is 1.31 bits per heavy atom. The molecule has 0 aliphatic carbocycles. The molecule has 29 heavy (non-hydrogen) atoms. The van der Waals surface area contributed by atoms with Crippen molar-refractivity contribution >= 4 is 29.1 Å². The summed E-state index contributed by atoms with van der Waals surface area (Å²) >= 11 is 6.25. The topological polar surface area (TPSA) is 80.5 Å². The summed E-state index contributed by atoms with van der Waals surface area (Å²) in [7, 11) is 0. The average molecular weight is 411 g/mol. The van der Waals surface area contributed by atoms with Crippen molar-refractivity contribution in [2.45, 2.75) is 32.2 Å². The van der Waals surface area contributed by atoms with Gasteiger partial charge in [0.2, 0.25) is 0 Å². The Labute approximate surface area is 175 Å². The Morgan fingerprint density at radius 2 is 2.07 bits per heavy atom. The normalized spacial score (nSPS) is 20.7. The van der Waals surface area contributed by atoms with Crippen LogP contribution in [0.3, 0.4) is 0 Å². The summed E-state index contributed by atoms with van der Waals surface area (Å²) in [5, 5.41) is 18.6. The van der Waals surface area contributed by atoms with Gasteiger partial charge in [0.1, 0.15) is 11.9 Å². The molecule has 1 N–H and O–H groups in total. The second-order valence-corrected chi connectivity index (χ2v) is 8.56. The fourth-order valence-electron chi connectivity index (χ4n) is 4.71. The van der Waals surface area contributed by atoms with Gasteiger partial charge in [-0.1, -0.05) is 11.6 Å². The second-order valence-electron chi connectivity index (χ2n) is 8.15. The quantitative estimate of drug-likeness (QED) is 0.817. The van der Waals surface area contributed by atoms with Crippen LogP contribution in [0, 0.1) is 16.7 Å². The fraction of sp³-hybridized carbons (Fsp3) is 0.409. The molecule has 0 amide bonds. The van der Waals surface area contributed by atoms with Gasteiger partial charge in [0.15, 0.2) is 0 Å². The number of aromatic nitrogens is 1. The SMILES string of the molecule is C[C@H]1CC2(CCN(c3ccc(C(=O)O)cn3)CC2)CN1c1ccc(C#N)c(Cl)c1. The average Bonchev–Trinajstić information content (AvgIpc) is 3.04. The van der Waals surface area contributed by atoms with Crippen LogP contribution >= 0.6 is 11.6 Å². The van der Waals surface area contributed by atoms with E-state index in [9.17, 15) is 4.79 Å². The molecule has 7 heteroatoms. The predicted octanol–water partition coefficient (Wildman–Crippen LogP) is 4.19. The third kappa shape index (κ3) is 3.75. The maximum Gasteiger partial charge on any atom is 0.337 e. The number of anilines is 2. The standard InChI is InChI=1S/C22H23ClN4O2/c1-15-11-22(14-27(15)18-4-2-16(12-24)19(23)10-18)6-8-26(9-7-22)20-5-3-17(13-25-20)21(28)29/h2-5,10,13,15H,6-9,11,14H2,1H3,(H,28,29)/t15-/m0/s1. The van der Waals surface area contributed by atoms with Crippen LogP contribution in [0.2, 0.25) is 5.02 Å². The van der Waals surface area contributed by atoms with Crippen LogP contribution in [-0.2, 0) is 0 Å². The zero-order valence-electron chi connectivity index (χ0n) is 16.3. The van der Waals surface area contributed by atoms with E-state index in [1.807, 2.05) is 12.1 Å². The number of halogens is 1. The van der Waals surface area contributed by atoms with E-state index in [4.69, 9.17) is 22.0 Å². The molecule has 1 aromatic carbocycles. The van der Waals surface area contributed by atoms with Crippen LogP contribution in [0.1, 0.15) is 42.1 Å². The largest absolute Gasteiger partial charge is 0.478 e. The van der Waals surface area contributed by atoms with Crippen LogP contribution in [-0.4, -0.2) is 41.7 Å². The number of carboxylic acids is 1. The lowest BCUT2D eigenvalue weighted by Gasteiger charge is -2.40. The van der Waals surface area contributed by atoms with E-state index in [1.165, 1.54) is 6.20 Å². The zero-order valence-corrected chi connectivity index (χ0v) is 17.1. The van der Waals surface area contributed by atoms with Gasteiger partial charge in [0.05, 0.1) is 16.1 Å². The van der Waals surface area contributed by atoms with Crippen molar-refractivity contribution in [3.8, 4) is 6.07 Å². The van der Waals surface area contributed by atoms with Gasteiger partial charge in [0.25, 0.3) is 0 Å². The molecule has 2 aromatic rings. The molecule has 3 heterocycles. The van der Waals surface area contributed by atoms with Crippen LogP contribution in [0.25, 0.3) is 0 Å². The molecule has 1 aromatic heterocycles. The molecule has 1 spiro atoms. The predicted molar refractivity (Wildman–Crippen MR) is 113 cm³/mol. The summed E-state index contributed by atoms with van der Waals surface area (Å²) in [6, 6.07) is 11.6. The number of carbonyl (C=O) groups is 1.